The number of ether oxygens (including phenoxy) is 4. The predicted octanol–water partition coefficient (Wildman–Crippen LogP) is 3.44. The second-order valence-corrected chi connectivity index (χ2v) is 8.31. The smallest absolute Gasteiger partial charge is 0.338 e. The summed E-state index contributed by atoms with van der Waals surface area (Å²) >= 11 is 0. The summed E-state index contributed by atoms with van der Waals surface area (Å²) in [5, 5.41) is 10.9. The maximum Gasteiger partial charge on any atom is 0.338 e. The summed E-state index contributed by atoms with van der Waals surface area (Å²) in [6.45, 7) is 1.30. The first kappa shape index (κ1) is 25.1. The van der Waals surface area contributed by atoms with Crippen LogP contribution in [0, 0.1) is 0 Å². The summed E-state index contributed by atoms with van der Waals surface area (Å²) in [6, 6.07) is 24.9. The normalized spacial score (nSPS) is 23.3. The van der Waals surface area contributed by atoms with Crippen molar-refractivity contribution in [2.45, 2.75) is 37.4 Å². The van der Waals surface area contributed by atoms with Crippen molar-refractivity contribution in [3.8, 4) is 0 Å². The first-order chi connectivity index (χ1) is 17.4. The van der Waals surface area contributed by atoms with Gasteiger partial charge < -0.3 is 24.1 Å². The molecule has 8 heteroatoms. The van der Waals surface area contributed by atoms with Crippen LogP contribution in [0.4, 0.5) is 0 Å². The predicted molar refractivity (Wildman–Crippen MR) is 128 cm³/mol. The highest BCUT2D eigenvalue weighted by atomic mass is 16.6. The molecule has 0 radical (unpaired) electrons. The molecule has 3 aromatic carbocycles. The van der Waals surface area contributed by atoms with E-state index in [4.69, 9.17) is 18.9 Å². The maximum absolute atomic E-state index is 12.9. The van der Waals surface area contributed by atoms with E-state index in [9.17, 15) is 19.5 Å². The monoisotopic (exact) mass is 490 g/mol. The molecule has 1 aliphatic rings. The molecule has 1 fully saturated rings. The van der Waals surface area contributed by atoms with E-state index >= 15 is 0 Å². The topological polar surface area (TPSA) is 108 Å². The lowest BCUT2D eigenvalue weighted by atomic mass is 9.95. The van der Waals surface area contributed by atoms with E-state index < -0.39 is 48.4 Å². The van der Waals surface area contributed by atoms with Crippen LogP contribution in [0.15, 0.2) is 91.0 Å². The lowest BCUT2D eigenvalue weighted by Gasteiger charge is -2.42. The van der Waals surface area contributed by atoms with Crippen LogP contribution in [0.5, 0.6) is 0 Å². The summed E-state index contributed by atoms with van der Waals surface area (Å²) in [6.07, 6.45) is -5.62. The summed E-state index contributed by atoms with van der Waals surface area (Å²) in [5.74, 6) is -2.00. The number of carbonyl (C=O) groups is 3. The quantitative estimate of drug-likeness (QED) is 0.396. The second-order valence-electron chi connectivity index (χ2n) is 8.31. The first-order valence-corrected chi connectivity index (χ1v) is 11.5. The van der Waals surface area contributed by atoms with Crippen molar-refractivity contribution in [1.29, 1.82) is 0 Å². The molecule has 0 aromatic heterocycles. The lowest BCUT2D eigenvalue weighted by Crippen LogP contribution is -2.60. The van der Waals surface area contributed by atoms with E-state index in [1.165, 1.54) is 0 Å². The SMILES string of the molecule is C[C@@H]1OC(COC(=O)c2ccccc2)[C@@H](OC(=O)c2ccccc2)[C@H](OC(=O)c2ccccc2)C1O. The third kappa shape index (κ3) is 5.97. The number of benzene rings is 3. The minimum atomic E-state index is -1.30. The first-order valence-electron chi connectivity index (χ1n) is 11.5. The molecule has 1 N–H and O–H groups in total. The summed E-state index contributed by atoms with van der Waals surface area (Å²) in [4.78, 5) is 38.2. The molecular formula is C28H26O8. The van der Waals surface area contributed by atoms with Gasteiger partial charge in [0.25, 0.3) is 0 Å². The Hall–Kier alpha value is -4.01. The van der Waals surface area contributed by atoms with Gasteiger partial charge in [-0.25, -0.2) is 14.4 Å². The lowest BCUT2D eigenvalue weighted by molar-refractivity contribution is -0.224. The Bertz CT molecular complexity index is 1170. The Labute approximate surface area is 208 Å². The van der Waals surface area contributed by atoms with Crippen LogP contribution in [0.3, 0.4) is 0 Å². The van der Waals surface area contributed by atoms with Crippen molar-refractivity contribution in [3.63, 3.8) is 0 Å². The Morgan fingerprint density at radius 1 is 0.694 bits per heavy atom. The largest absolute Gasteiger partial charge is 0.459 e. The molecule has 1 saturated heterocycles. The average Bonchev–Trinajstić information content (AvgIpc) is 2.92. The molecule has 3 aromatic rings. The van der Waals surface area contributed by atoms with Crippen LogP contribution >= 0.6 is 0 Å². The van der Waals surface area contributed by atoms with Crippen molar-refractivity contribution in [3.05, 3.63) is 108 Å². The maximum atomic E-state index is 12.9. The fourth-order valence-electron chi connectivity index (χ4n) is 3.87. The third-order valence-electron chi connectivity index (χ3n) is 5.79. The molecule has 36 heavy (non-hydrogen) atoms. The van der Waals surface area contributed by atoms with Gasteiger partial charge in [0, 0.05) is 0 Å². The van der Waals surface area contributed by atoms with Gasteiger partial charge in [0.05, 0.1) is 22.8 Å². The van der Waals surface area contributed by atoms with E-state index in [2.05, 4.69) is 0 Å². The molecule has 0 saturated carbocycles. The molecule has 8 nitrogen and oxygen atoms in total. The van der Waals surface area contributed by atoms with Gasteiger partial charge in [-0.05, 0) is 43.3 Å². The van der Waals surface area contributed by atoms with Crippen molar-refractivity contribution in [1.82, 2.24) is 0 Å². The van der Waals surface area contributed by atoms with Crippen LogP contribution in [-0.2, 0) is 18.9 Å². The van der Waals surface area contributed by atoms with Crippen LogP contribution in [0.25, 0.3) is 0 Å². The van der Waals surface area contributed by atoms with Crippen molar-refractivity contribution < 1.29 is 38.4 Å². The molecule has 1 aliphatic heterocycles. The minimum Gasteiger partial charge on any atom is -0.459 e. The molecule has 0 spiro atoms. The number of esters is 3. The Morgan fingerprint density at radius 2 is 1.11 bits per heavy atom. The Morgan fingerprint density at radius 3 is 1.58 bits per heavy atom. The third-order valence-corrected chi connectivity index (χ3v) is 5.79. The van der Waals surface area contributed by atoms with E-state index in [0.29, 0.717) is 5.56 Å². The van der Waals surface area contributed by atoms with E-state index in [1.54, 1.807) is 97.9 Å². The van der Waals surface area contributed by atoms with Crippen LogP contribution in [-0.4, -0.2) is 60.1 Å². The van der Waals surface area contributed by atoms with E-state index in [-0.39, 0.29) is 17.7 Å². The number of aliphatic hydroxyl groups excluding tert-OH is 1. The number of rotatable bonds is 7. The number of carbonyl (C=O) groups excluding carboxylic acids is 3. The molecule has 0 bridgehead atoms. The van der Waals surface area contributed by atoms with E-state index in [1.807, 2.05) is 0 Å². The minimum absolute atomic E-state index is 0.263. The number of hydrogen-bond donors (Lipinski definition) is 1. The summed E-state index contributed by atoms with van der Waals surface area (Å²) < 4.78 is 22.6. The van der Waals surface area contributed by atoms with Crippen molar-refractivity contribution in [2.75, 3.05) is 6.61 Å². The average molecular weight is 491 g/mol. The van der Waals surface area contributed by atoms with Gasteiger partial charge in [0.15, 0.2) is 12.2 Å². The van der Waals surface area contributed by atoms with Crippen LogP contribution < -0.4 is 0 Å². The number of hydrogen-bond acceptors (Lipinski definition) is 8. The van der Waals surface area contributed by atoms with Gasteiger partial charge in [-0.15, -0.1) is 0 Å². The van der Waals surface area contributed by atoms with Gasteiger partial charge in [-0.2, -0.15) is 0 Å². The highest BCUT2D eigenvalue weighted by molar-refractivity contribution is 5.90. The zero-order valence-electron chi connectivity index (χ0n) is 19.6. The van der Waals surface area contributed by atoms with Gasteiger partial charge in [-0.3, -0.25) is 0 Å². The van der Waals surface area contributed by atoms with Crippen LogP contribution in [0.2, 0.25) is 0 Å². The Balaban J connectivity index is 1.57. The molecule has 0 amide bonds. The fraction of sp³-hybridized carbons (Fsp3) is 0.250. The standard InChI is InChI=1S/C28H26O8/c1-18-23(29)25(36-28(32)21-15-9-4-10-16-21)24(35-27(31)20-13-7-3-8-14-20)22(34-18)17-33-26(30)19-11-5-2-6-12-19/h2-16,18,22-25,29H,17H2,1H3/t18-,22?,23?,24+,25+/m0/s1. The van der Waals surface area contributed by atoms with Crippen molar-refractivity contribution >= 4 is 17.9 Å². The Kier molecular flexibility index (Phi) is 8.10. The van der Waals surface area contributed by atoms with Gasteiger partial charge in [0.1, 0.15) is 18.8 Å². The molecule has 4 rings (SSSR count). The van der Waals surface area contributed by atoms with E-state index in [0.717, 1.165) is 0 Å². The summed E-state index contributed by atoms with van der Waals surface area (Å²) in [7, 11) is 0. The molecule has 186 valence electrons. The second kappa shape index (κ2) is 11.6. The van der Waals surface area contributed by atoms with Crippen LogP contribution in [0.1, 0.15) is 38.0 Å². The van der Waals surface area contributed by atoms with Gasteiger partial charge >= 0.3 is 17.9 Å². The summed E-state index contributed by atoms with van der Waals surface area (Å²) in [5.41, 5.74) is 0.870. The fourth-order valence-corrected chi connectivity index (χ4v) is 3.87. The molecule has 0 aliphatic carbocycles. The molecular weight excluding hydrogens is 464 g/mol. The molecule has 1 heterocycles. The molecule has 2 unspecified atom stereocenters. The highest BCUT2D eigenvalue weighted by Crippen LogP contribution is 2.28. The zero-order chi connectivity index (χ0) is 25.5. The van der Waals surface area contributed by atoms with Gasteiger partial charge in [-0.1, -0.05) is 54.6 Å². The zero-order valence-corrected chi connectivity index (χ0v) is 19.6. The van der Waals surface area contributed by atoms with Crippen molar-refractivity contribution in [2.24, 2.45) is 0 Å². The van der Waals surface area contributed by atoms with Gasteiger partial charge in [0.2, 0.25) is 0 Å². The molecule has 5 atom stereocenters. The number of aliphatic hydroxyl groups is 1. The highest BCUT2D eigenvalue weighted by Gasteiger charge is 2.49.